The Morgan fingerprint density at radius 2 is 2.10 bits per heavy atom. The smallest absolute Gasteiger partial charge is 0.262 e. The highest BCUT2D eigenvalue weighted by atomic mass is 16.3. The van der Waals surface area contributed by atoms with E-state index in [0.717, 1.165) is 25.1 Å². The van der Waals surface area contributed by atoms with Gasteiger partial charge in [0.1, 0.15) is 11.5 Å². The minimum atomic E-state index is -0.258. The van der Waals surface area contributed by atoms with Crippen molar-refractivity contribution in [1.29, 1.82) is 0 Å². The summed E-state index contributed by atoms with van der Waals surface area (Å²) in [6, 6.07) is 7.21. The highest BCUT2D eigenvalue weighted by Gasteiger charge is 2.50. The number of carbonyl (C=O) groups excluding carboxylic acids is 1. The fraction of sp³-hybridized carbons (Fsp3) is 0.333. The van der Waals surface area contributed by atoms with E-state index in [-0.39, 0.29) is 18.1 Å². The number of rotatable bonds is 3. The van der Waals surface area contributed by atoms with Gasteiger partial charge in [0.25, 0.3) is 5.91 Å². The summed E-state index contributed by atoms with van der Waals surface area (Å²) in [6.45, 7) is 0.883. The van der Waals surface area contributed by atoms with Crippen LogP contribution in [0.3, 0.4) is 0 Å². The van der Waals surface area contributed by atoms with Crippen molar-refractivity contribution >= 4 is 12.1 Å². The fourth-order valence-electron chi connectivity index (χ4n) is 3.09. The maximum Gasteiger partial charge on any atom is 0.262 e. The van der Waals surface area contributed by atoms with Crippen LogP contribution in [-0.2, 0) is 4.79 Å². The predicted octanol–water partition coefficient (Wildman–Crippen LogP) is 2.21. The van der Waals surface area contributed by atoms with Crippen molar-refractivity contribution in [3.63, 3.8) is 0 Å². The van der Waals surface area contributed by atoms with Crippen LogP contribution in [-0.4, -0.2) is 34.6 Å². The molecule has 0 radical (unpaired) electrons. The standard InChI is InChI=1S/C15H15N3O3/c19-15-12-5-1-7-17(12)14(13-6-3-9-21-13)18(15)16-10-11-4-2-8-20-11/h2-4,6,8-10,12,14H,1,5,7H2/b16-10+/t12-,14+/m0/s1. The third kappa shape index (κ3) is 1.99. The molecule has 0 aromatic carbocycles. The molecule has 1 amide bonds. The molecular formula is C15H15N3O3. The van der Waals surface area contributed by atoms with Gasteiger partial charge in [-0.05, 0) is 37.1 Å². The lowest BCUT2D eigenvalue weighted by molar-refractivity contribution is -0.130. The molecule has 2 atom stereocenters. The van der Waals surface area contributed by atoms with Crippen LogP contribution in [0, 0.1) is 0 Å². The number of hydrogen-bond donors (Lipinski definition) is 0. The molecule has 0 spiro atoms. The zero-order valence-electron chi connectivity index (χ0n) is 11.4. The quantitative estimate of drug-likeness (QED) is 0.811. The van der Waals surface area contributed by atoms with E-state index in [0.29, 0.717) is 5.76 Å². The average Bonchev–Trinajstić information content (AvgIpc) is 3.25. The minimum Gasteiger partial charge on any atom is -0.466 e. The second-order valence-corrected chi connectivity index (χ2v) is 5.23. The molecule has 0 bridgehead atoms. The first-order chi connectivity index (χ1) is 10.3. The van der Waals surface area contributed by atoms with Crippen LogP contribution >= 0.6 is 0 Å². The summed E-state index contributed by atoms with van der Waals surface area (Å²) in [5.74, 6) is 1.38. The molecule has 0 saturated carbocycles. The number of hydrazone groups is 1. The Hall–Kier alpha value is -2.34. The van der Waals surface area contributed by atoms with E-state index in [9.17, 15) is 4.79 Å². The van der Waals surface area contributed by atoms with Crippen molar-refractivity contribution in [3.8, 4) is 0 Å². The van der Waals surface area contributed by atoms with Gasteiger partial charge in [-0.2, -0.15) is 5.10 Å². The highest BCUT2D eigenvalue weighted by molar-refractivity contribution is 5.86. The third-order valence-electron chi connectivity index (χ3n) is 4.00. The summed E-state index contributed by atoms with van der Waals surface area (Å²) in [5, 5.41) is 5.84. The maximum absolute atomic E-state index is 12.6. The van der Waals surface area contributed by atoms with Crippen LogP contribution in [0.4, 0.5) is 0 Å². The van der Waals surface area contributed by atoms with Crippen LogP contribution in [0.15, 0.2) is 50.7 Å². The lowest BCUT2D eigenvalue weighted by Crippen LogP contribution is -2.28. The van der Waals surface area contributed by atoms with Crippen molar-refractivity contribution < 1.29 is 13.6 Å². The third-order valence-corrected chi connectivity index (χ3v) is 4.00. The number of nitrogens with zero attached hydrogens (tertiary/aromatic N) is 3. The Labute approximate surface area is 121 Å². The minimum absolute atomic E-state index is 0.0247. The van der Waals surface area contributed by atoms with Gasteiger partial charge in [0.05, 0.1) is 24.8 Å². The van der Waals surface area contributed by atoms with Gasteiger partial charge in [-0.3, -0.25) is 9.69 Å². The van der Waals surface area contributed by atoms with Crippen LogP contribution in [0.2, 0.25) is 0 Å². The van der Waals surface area contributed by atoms with Gasteiger partial charge < -0.3 is 8.83 Å². The monoisotopic (exact) mass is 285 g/mol. The molecule has 21 heavy (non-hydrogen) atoms. The van der Waals surface area contributed by atoms with Gasteiger partial charge in [0.2, 0.25) is 0 Å². The second kappa shape index (κ2) is 4.89. The van der Waals surface area contributed by atoms with Gasteiger partial charge in [0, 0.05) is 6.54 Å². The molecule has 2 aromatic rings. The van der Waals surface area contributed by atoms with Gasteiger partial charge in [-0.15, -0.1) is 0 Å². The van der Waals surface area contributed by atoms with Gasteiger partial charge in [0.15, 0.2) is 6.17 Å². The first kappa shape index (κ1) is 12.4. The van der Waals surface area contributed by atoms with Gasteiger partial charge >= 0.3 is 0 Å². The SMILES string of the molecule is O=C1[C@@H]2CCCN2[C@@H](c2ccco2)N1/N=C/c1ccco1. The number of amides is 1. The van der Waals surface area contributed by atoms with Crippen molar-refractivity contribution in [2.24, 2.45) is 5.10 Å². The van der Waals surface area contributed by atoms with Crippen LogP contribution < -0.4 is 0 Å². The molecule has 2 aliphatic heterocycles. The number of fused-ring (bicyclic) bond motifs is 1. The van der Waals surface area contributed by atoms with Gasteiger partial charge in [-0.25, -0.2) is 5.01 Å². The molecule has 108 valence electrons. The lowest BCUT2D eigenvalue weighted by Gasteiger charge is -2.23. The van der Waals surface area contributed by atoms with E-state index in [1.54, 1.807) is 30.9 Å². The van der Waals surface area contributed by atoms with Gasteiger partial charge in [-0.1, -0.05) is 0 Å². The molecule has 0 aliphatic carbocycles. The lowest BCUT2D eigenvalue weighted by atomic mass is 10.2. The van der Waals surface area contributed by atoms with E-state index in [4.69, 9.17) is 8.83 Å². The van der Waals surface area contributed by atoms with Crippen molar-refractivity contribution in [1.82, 2.24) is 9.91 Å². The highest BCUT2D eigenvalue weighted by Crippen LogP contribution is 2.39. The Morgan fingerprint density at radius 3 is 2.86 bits per heavy atom. The Balaban J connectivity index is 1.68. The van der Waals surface area contributed by atoms with Crippen LogP contribution in [0.25, 0.3) is 0 Å². The molecule has 2 fully saturated rings. The second-order valence-electron chi connectivity index (χ2n) is 5.23. The molecule has 2 aliphatic rings. The summed E-state index contributed by atoms with van der Waals surface area (Å²) >= 11 is 0. The molecule has 2 aromatic heterocycles. The van der Waals surface area contributed by atoms with E-state index in [2.05, 4.69) is 10.0 Å². The summed E-state index contributed by atoms with van der Waals surface area (Å²) < 4.78 is 10.7. The molecule has 0 unspecified atom stereocenters. The fourth-order valence-corrected chi connectivity index (χ4v) is 3.09. The number of hydrogen-bond acceptors (Lipinski definition) is 5. The number of furan rings is 2. The molecule has 6 nitrogen and oxygen atoms in total. The Morgan fingerprint density at radius 1 is 1.24 bits per heavy atom. The van der Waals surface area contributed by atoms with Crippen LogP contribution in [0.1, 0.15) is 30.5 Å². The van der Waals surface area contributed by atoms with E-state index >= 15 is 0 Å². The molecule has 0 N–H and O–H groups in total. The summed E-state index contributed by atoms with van der Waals surface area (Å²) in [7, 11) is 0. The zero-order valence-corrected chi connectivity index (χ0v) is 11.4. The van der Waals surface area contributed by atoms with Crippen LogP contribution in [0.5, 0.6) is 0 Å². The van der Waals surface area contributed by atoms with E-state index in [1.807, 2.05) is 12.1 Å². The molecule has 6 heteroatoms. The van der Waals surface area contributed by atoms with Crippen molar-refractivity contribution in [2.45, 2.75) is 25.0 Å². The van der Waals surface area contributed by atoms with Crippen molar-refractivity contribution in [3.05, 3.63) is 48.3 Å². The first-order valence-corrected chi connectivity index (χ1v) is 7.04. The molecule has 4 rings (SSSR count). The summed E-state index contributed by atoms with van der Waals surface area (Å²) in [6.07, 6.45) is 6.42. The number of carbonyl (C=O) groups is 1. The molecule has 2 saturated heterocycles. The Kier molecular flexibility index (Phi) is 2.89. The van der Waals surface area contributed by atoms with E-state index in [1.165, 1.54) is 5.01 Å². The average molecular weight is 285 g/mol. The summed E-state index contributed by atoms with van der Waals surface area (Å²) in [4.78, 5) is 14.7. The largest absolute Gasteiger partial charge is 0.466 e. The predicted molar refractivity (Wildman–Crippen MR) is 74.3 cm³/mol. The zero-order chi connectivity index (χ0) is 14.2. The maximum atomic E-state index is 12.6. The topological polar surface area (TPSA) is 62.2 Å². The van der Waals surface area contributed by atoms with E-state index < -0.39 is 0 Å². The van der Waals surface area contributed by atoms with Crippen molar-refractivity contribution in [2.75, 3.05) is 6.54 Å². The Bertz CT molecular complexity index is 648. The normalized spacial score (nSPS) is 26.1. The molecular weight excluding hydrogens is 270 g/mol. The molecule has 4 heterocycles. The first-order valence-electron chi connectivity index (χ1n) is 7.04. The summed E-state index contributed by atoms with van der Waals surface area (Å²) in [5.41, 5.74) is 0.